The molecule has 24 heavy (non-hydrogen) atoms. The molecule has 0 amide bonds. The predicted octanol–water partition coefficient (Wildman–Crippen LogP) is 7.64. The third-order valence-electron chi connectivity index (χ3n) is 4.34. The van der Waals surface area contributed by atoms with Gasteiger partial charge in [-0.25, -0.2) is 0 Å². The van der Waals surface area contributed by atoms with Crippen molar-refractivity contribution in [2.75, 3.05) is 6.61 Å². The van der Waals surface area contributed by atoms with Crippen LogP contribution in [0.25, 0.3) is 0 Å². The summed E-state index contributed by atoms with van der Waals surface area (Å²) >= 11 is 5.32. The Labute approximate surface area is 177 Å². The third kappa shape index (κ3) is 17.7. The van der Waals surface area contributed by atoms with Crippen LogP contribution in [0.15, 0.2) is 0 Å². The van der Waals surface area contributed by atoms with Gasteiger partial charge in [0.05, 0.1) is 6.61 Å². The summed E-state index contributed by atoms with van der Waals surface area (Å²) in [5, 5.41) is 0. The number of esters is 1. The topological polar surface area (TPSA) is 26.3 Å². The molecule has 0 fully saturated rings. The van der Waals surface area contributed by atoms with Crippen LogP contribution in [0.2, 0.25) is 0 Å². The fourth-order valence-corrected chi connectivity index (χ4v) is 5.96. The monoisotopic (exact) mass is 564 g/mol. The second-order valence-corrected chi connectivity index (χ2v) is 10.3. The van der Waals surface area contributed by atoms with Gasteiger partial charge in [0.25, 0.3) is 0 Å². The van der Waals surface area contributed by atoms with Crippen molar-refractivity contribution in [1.29, 1.82) is 0 Å². The zero-order valence-corrected chi connectivity index (χ0v) is 20.1. The van der Waals surface area contributed by atoms with Crippen LogP contribution >= 0.6 is 45.2 Å². The number of alkyl halides is 2. The van der Waals surface area contributed by atoms with Crippen molar-refractivity contribution in [1.82, 2.24) is 0 Å². The van der Waals surface area contributed by atoms with Crippen molar-refractivity contribution < 1.29 is 9.53 Å². The van der Waals surface area contributed by atoms with Crippen LogP contribution in [-0.2, 0) is 9.53 Å². The minimum absolute atomic E-state index is 0.0340. The van der Waals surface area contributed by atoms with Gasteiger partial charge in [0, 0.05) is 14.3 Å². The van der Waals surface area contributed by atoms with Gasteiger partial charge in [0.15, 0.2) is 0 Å². The van der Waals surface area contributed by atoms with Gasteiger partial charge in [0.2, 0.25) is 0 Å². The highest BCUT2D eigenvalue weighted by atomic mass is 127. The molecule has 0 aliphatic carbocycles. The molecular weight excluding hydrogens is 526 g/mol. The van der Waals surface area contributed by atoms with Crippen molar-refractivity contribution in [3.8, 4) is 0 Å². The lowest BCUT2D eigenvalue weighted by Gasteiger charge is -2.14. The molecule has 0 aromatic heterocycles. The molecule has 0 radical (unpaired) electrons. The summed E-state index contributed by atoms with van der Waals surface area (Å²) in [7, 11) is 0. The molecular formula is C20H38I2O2. The first-order valence-electron chi connectivity index (χ1n) is 10.0. The molecule has 0 saturated heterocycles. The average Bonchev–Trinajstić information content (AvgIpc) is 2.54. The van der Waals surface area contributed by atoms with Crippen LogP contribution in [0.1, 0.15) is 104 Å². The molecule has 0 aliphatic heterocycles. The van der Waals surface area contributed by atoms with Crippen molar-refractivity contribution in [3.63, 3.8) is 0 Å². The predicted molar refractivity (Wildman–Crippen MR) is 123 cm³/mol. The van der Waals surface area contributed by atoms with Crippen molar-refractivity contribution in [2.24, 2.45) is 0 Å². The Hall–Kier alpha value is 0.930. The smallest absolute Gasteiger partial charge is 0.305 e. The maximum absolute atomic E-state index is 11.2. The third-order valence-corrected chi connectivity index (χ3v) is 6.60. The Balaban J connectivity index is 3.36. The Morgan fingerprint density at radius 1 is 0.792 bits per heavy atom. The van der Waals surface area contributed by atoms with Gasteiger partial charge in [0.1, 0.15) is 0 Å². The highest BCUT2D eigenvalue weighted by Crippen LogP contribution is 2.24. The van der Waals surface area contributed by atoms with E-state index >= 15 is 0 Å². The van der Waals surface area contributed by atoms with E-state index in [0.717, 1.165) is 14.3 Å². The van der Waals surface area contributed by atoms with E-state index in [0.29, 0.717) is 13.0 Å². The molecule has 144 valence electrons. The Kier molecular flexibility index (Phi) is 19.4. The molecule has 0 saturated carbocycles. The number of carbonyl (C=O) groups is 1. The number of rotatable bonds is 17. The Morgan fingerprint density at radius 2 is 1.29 bits per heavy atom. The number of ether oxygens (including phenoxy) is 1. The first kappa shape index (κ1) is 24.9. The first-order chi connectivity index (χ1) is 11.6. The van der Waals surface area contributed by atoms with Crippen LogP contribution in [-0.4, -0.2) is 20.4 Å². The maximum atomic E-state index is 11.2. The minimum Gasteiger partial charge on any atom is -0.466 e. The van der Waals surface area contributed by atoms with Gasteiger partial charge in [-0.3, -0.25) is 4.79 Å². The van der Waals surface area contributed by atoms with E-state index in [1.54, 1.807) is 0 Å². The van der Waals surface area contributed by atoms with E-state index in [1.165, 1.54) is 77.0 Å². The summed E-state index contributed by atoms with van der Waals surface area (Å²) in [5.41, 5.74) is 0. The summed E-state index contributed by atoms with van der Waals surface area (Å²) in [4.78, 5) is 11.2. The molecule has 2 atom stereocenters. The highest BCUT2D eigenvalue weighted by Gasteiger charge is 2.11. The van der Waals surface area contributed by atoms with Gasteiger partial charge >= 0.3 is 5.97 Å². The first-order valence-corrected chi connectivity index (χ1v) is 12.5. The molecule has 0 rings (SSSR count). The number of halogens is 2. The molecule has 0 spiro atoms. The van der Waals surface area contributed by atoms with Gasteiger partial charge in [-0.2, -0.15) is 0 Å². The largest absolute Gasteiger partial charge is 0.466 e. The fraction of sp³-hybridized carbons (Fsp3) is 0.950. The molecule has 0 aromatic carbocycles. The standard InChI is InChI=1S/C20H38I2O2/c1-3-5-6-11-14-18(21)17-19(22)15-12-9-7-8-10-13-16-20(23)24-4-2/h18-19H,3-17H2,1-2H3. The minimum atomic E-state index is -0.0340. The van der Waals surface area contributed by atoms with Crippen LogP contribution in [0.4, 0.5) is 0 Å². The lowest BCUT2D eigenvalue weighted by atomic mass is 10.0. The molecule has 0 N–H and O–H groups in total. The van der Waals surface area contributed by atoms with Gasteiger partial charge < -0.3 is 4.74 Å². The average molecular weight is 564 g/mol. The molecule has 2 unspecified atom stereocenters. The van der Waals surface area contributed by atoms with Crippen LogP contribution in [0.3, 0.4) is 0 Å². The number of hydrogen-bond donors (Lipinski definition) is 0. The maximum Gasteiger partial charge on any atom is 0.305 e. The van der Waals surface area contributed by atoms with E-state index in [9.17, 15) is 4.79 Å². The van der Waals surface area contributed by atoms with E-state index in [2.05, 4.69) is 52.1 Å². The second kappa shape index (κ2) is 18.7. The summed E-state index contributed by atoms with van der Waals surface area (Å²) in [6.07, 6.45) is 17.8. The molecule has 2 nitrogen and oxygen atoms in total. The Morgan fingerprint density at radius 3 is 1.83 bits per heavy atom. The van der Waals surface area contributed by atoms with Crippen molar-refractivity contribution in [3.05, 3.63) is 0 Å². The lowest BCUT2D eigenvalue weighted by molar-refractivity contribution is -0.143. The normalized spacial score (nSPS) is 13.7. The molecule has 0 bridgehead atoms. The summed E-state index contributed by atoms with van der Waals surface area (Å²) in [6.45, 7) is 4.65. The van der Waals surface area contributed by atoms with Crippen LogP contribution < -0.4 is 0 Å². The molecule has 0 aromatic rings. The zero-order chi connectivity index (χ0) is 18.0. The van der Waals surface area contributed by atoms with E-state index in [1.807, 2.05) is 6.92 Å². The fourth-order valence-electron chi connectivity index (χ4n) is 2.88. The van der Waals surface area contributed by atoms with Crippen LogP contribution in [0.5, 0.6) is 0 Å². The van der Waals surface area contributed by atoms with Gasteiger partial charge in [-0.15, -0.1) is 0 Å². The SMILES string of the molecule is CCCCCCC(I)CC(I)CCCCCCCCC(=O)OCC. The number of carbonyl (C=O) groups excluding carboxylic acids is 1. The van der Waals surface area contributed by atoms with E-state index in [4.69, 9.17) is 4.74 Å². The Bertz CT molecular complexity index is 285. The number of hydrogen-bond acceptors (Lipinski definition) is 2. The van der Waals surface area contributed by atoms with Crippen molar-refractivity contribution >= 4 is 51.2 Å². The molecule has 4 heteroatoms. The highest BCUT2D eigenvalue weighted by molar-refractivity contribution is 14.1. The van der Waals surface area contributed by atoms with Crippen LogP contribution in [0, 0.1) is 0 Å². The summed E-state index contributed by atoms with van der Waals surface area (Å²) in [5.74, 6) is -0.0340. The summed E-state index contributed by atoms with van der Waals surface area (Å²) < 4.78 is 6.65. The zero-order valence-electron chi connectivity index (χ0n) is 15.8. The number of unbranched alkanes of at least 4 members (excludes halogenated alkanes) is 8. The lowest BCUT2D eigenvalue weighted by Crippen LogP contribution is -2.07. The van der Waals surface area contributed by atoms with Gasteiger partial charge in [-0.05, 0) is 32.6 Å². The van der Waals surface area contributed by atoms with Gasteiger partial charge in [-0.1, -0.05) is 110 Å². The van der Waals surface area contributed by atoms with E-state index < -0.39 is 0 Å². The van der Waals surface area contributed by atoms with Crippen molar-refractivity contribution in [2.45, 2.75) is 112 Å². The molecule has 0 aliphatic rings. The quantitative estimate of drug-likeness (QED) is 0.0786. The summed E-state index contributed by atoms with van der Waals surface area (Å²) in [6, 6.07) is 0. The van der Waals surface area contributed by atoms with E-state index in [-0.39, 0.29) is 5.97 Å². The second-order valence-electron chi connectivity index (χ2n) is 6.74. The molecule has 0 heterocycles.